The quantitative estimate of drug-likeness (QED) is 0.801. The van der Waals surface area contributed by atoms with Crippen molar-refractivity contribution in [2.24, 2.45) is 0 Å². The molecule has 0 N–H and O–H groups in total. The number of nitrogens with zero attached hydrogens (tertiary/aromatic N) is 4. The van der Waals surface area contributed by atoms with Crippen LogP contribution in [0.1, 0.15) is 40.3 Å². The summed E-state index contributed by atoms with van der Waals surface area (Å²) in [7, 11) is 2.08. The van der Waals surface area contributed by atoms with Gasteiger partial charge in [-0.2, -0.15) is 5.10 Å². The molecule has 0 aliphatic carbocycles. The highest BCUT2D eigenvalue weighted by molar-refractivity contribution is 9.09. The van der Waals surface area contributed by atoms with E-state index >= 15 is 0 Å². The van der Waals surface area contributed by atoms with Gasteiger partial charge >= 0.3 is 0 Å². The van der Waals surface area contributed by atoms with E-state index < -0.39 is 0 Å². The number of rotatable bonds is 3. The van der Waals surface area contributed by atoms with E-state index in [4.69, 9.17) is 0 Å². The zero-order valence-electron chi connectivity index (χ0n) is 13.1. The third-order valence-electron chi connectivity index (χ3n) is 3.69. The Morgan fingerprint density at radius 3 is 2.45 bits per heavy atom. The fourth-order valence-corrected chi connectivity index (χ4v) is 2.29. The summed E-state index contributed by atoms with van der Waals surface area (Å²) in [4.78, 5) is 6.76. The van der Waals surface area contributed by atoms with Gasteiger partial charge in [-0.05, 0) is 19.9 Å². The predicted octanol–water partition coefficient (Wildman–Crippen LogP) is 3.64. The molecule has 0 saturated carbocycles. The van der Waals surface area contributed by atoms with Crippen LogP contribution >= 0.6 is 15.9 Å². The SMILES string of the molecule is CN(c1nccn2nc(C(C)(C)C)cc12)C(C)(C)CBr. The summed E-state index contributed by atoms with van der Waals surface area (Å²) in [5.41, 5.74) is 2.15. The maximum Gasteiger partial charge on any atom is 0.154 e. The molecule has 2 heterocycles. The van der Waals surface area contributed by atoms with Crippen LogP contribution in [0.15, 0.2) is 18.5 Å². The lowest BCUT2D eigenvalue weighted by Gasteiger charge is -2.35. The second-order valence-corrected chi connectivity index (χ2v) is 7.43. The van der Waals surface area contributed by atoms with E-state index in [1.807, 2.05) is 16.9 Å². The first-order valence-electron chi connectivity index (χ1n) is 6.81. The van der Waals surface area contributed by atoms with Gasteiger partial charge in [0, 0.05) is 35.7 Å². The molecule has 0 atom stereocenters. The van der Waals surface area contributed by atoms with Gasteiger partial charge in [0.05, 0.1) is 5.69 Å². The monoisotopic (exact) mass is 338 g/mol. The Kier molecular flexibility index (Phi) is 3.84. The van der Waals surface area contributed by atoms with Crippen molar-refractivity contribution < 1.29 is 0 Å². The topological polar surface area (TPSA) is 33.4 Å². The second-order valence-electron chi connectivity index (χ2n) is 6.87. The van der Waals surface area contributed by atoms with Crippen LogP contribution in [-0.2, 0) is 5.41 Å². The fraction of sp³-hybridized carbons (Fsp3) is 0.600. The first kappa shape index (κ1) is 15.3. The molecule has 4 nitrogen and oxygen atoms in total. The molecule has 0 saturated heterocycles. The molecule has 0 bridgehead atoms. The zero-order valence-corrected chi connectivity index (χ0v) is 14.7. The van der Waals surface area contributed by atoms with Crippen LogP contribution in [0.25, 0.3) is 5.52 Å². The minimum Gasteiger partial charge on any atom is -0.352 e. The highest BCUT2D eigenvalue weighted by Crippen LogP contribution is 2.29. The first-order chi connectivity index (χ1) is 9.16. The molecule has 0 amide bonds. The smallest absolute Gasteiger partial charge is 0.154 e. The fourth-order valence-electron chi connectivity index (χ4n) is 1.91. The van der Waals surface area contributed by atoms with Crippen molar-refractivity contribution in [1.82, 2.24) is 14.6 Å². The van der Waals surface area contributed by atoms with Crippen molar-refractivity contribution in [3.8, 4) is 0 Å². The summed E-state index contributed by atoms with van der Waals surface area (Å²) in [6.45, 7) is 10.9. The van der Waals surface area contributed by atoms with E-state index in [0.29, 0.717) is 0 Å². The summed E-state index contributed by atoms with van der Waals surface area (Å²) in [5.74, 6) is 0.958. The highest BCUT2D eigenvalue weighted by atomic mass is 79.9. The molecule has 2 rings (SSSR count). The molecular weight excluding hydrogens is 316 g/mol. The number of hydrogen-bond donors (Lipinski definition) is 0. The molecule has 0 fully saturated rings. The molecule has 110 valence electrons. The van der Waals surface area contributed by atoms with Gasteiger partial charge in [-0.25, -0.2) is 9.50 Å². The number of anilines is 1. The van der Waals surface area contributed by atoms with Crippen LogP contribution in [-0.4, -0.2) is 32.5 Å². The summed E-state index contributed by atoms with van der Waals surface area (Å²) < 4.78 is 1.92. The predicted molar refractivity (Wildman–Crippen MR) is 88.0 cm³/mol. The zero-order chi connectivity index (χ0) is 15.1. The van der Waals surface area contributed by atoms with Crippen LogP contribution < -0.4 is 4.90 Å². The molecule has 0 aliphatic heterocycles. The summed E-state index contributed by atoms with van der Waals surface area (Å²) in [6.07, 6.45) is 3.71. The lowest BCUT2D eigenvalue weighted by Crippen LogP contribution is -2.43. The van der Waals surface area contributed by atoms with Gasteiger partial charge in [-0.3, -0.25) is 0 Å². The molecule has 20 heavy (non-hydrogen) atoms. The number of halogens is 1. The molecule has 0 aliphatic rings. The van der Waals surface area contributed by atoms with Crippen molar-refractivity contribution in [2.75, 3.05) is 17.3 Å². The van der Waals surface area contributed by atoms with Crippen LogP contribution in [0.4, 0.5) is 5.82 Å². The summed E-state index contributed by atoms with van der Waals surface area (Å²) >= 11 is 3.58. The Morgan fingerprint density at radius 2 is 1.90 bits per heavy atom. The molecule has 5 heteroatoms. The van der Waals surface area contributed by atoms with Gasteiger partial charge in [0.15, 0.2) is 5.82 Å². The van der Waals surface area contributed by atoms with Crippen LogP contribution in [0.2, 0.25) is 0 Å². The van der Waals surface area contributed by atoms with Gasteiger partial charge in [-0.1, -0.05) is 36.7 Å². The van der Waals surface area contributed by atoms with Crippen LogP contribution in [0, 0.1) is 0 Å². The van der Waals surface area contributed by atoms with Gasteiger partial charge in [0.2, 0.25) is 0 Å². The molecule has 0 radical (unpaired) electrons. The molecule has 2 aromatic heterocycles. The van der Waals surface area contributed by atoms with Crippen molar-refractivity contribution >= 4 is 27.3 Å². The first-order valence-corrected chi connectivity index (χ1v) is 7.93. The van der Waals surface area contributed by atoms with E-state index in [0.717, 1.165) is 22.4 Å². The highest BCUT2D eigenvalue weighted by Gasteiger charge is 2.26. The van der Waals surface area contributed by atoms with E-state index in [9.17, 15) is 0 Å². The van der Waals surface area contributed by atoms with Crippen molar-refractivity contribution in [3.05, 3.63) is 24.2 Å². The normalized spacial score (nSPS) is 12.9. The molecule has 0 aromatic carbocycles. The van der Waals surface area contributed by atoms with E-state index in [1.54, 1.807) is 0 Å². The number of fused-ring (bicyclic) bond motifs is 1. The van der Waals surface area contributed by atoms with E-state index in [1.165, 1.54) is 0 Å². The molecule has 0 spiro atoms. The Labute approximate surface area is 129 Å². The van der Waals surface area contributed by atoms with E-state index in [-0.39, 0.29) is 11.0 Å². The van der Waals surface area contributed by atoms with E-state index in [2.05, 4.69) is 78.6 Å². The number of hydrogen-bond acceptors (Lipinski definition) is 3. The third-order valence-corrected chi connectivity index (χ3v) is 5.06. The Balaban J connectivity index is 2.58. The summed E-state index contributed by atoms with van der Waals surface area (Å²) in [6, 6.07) is 2.14. The van der Waals surface area contributed by atoms with Crippen LogP contribution in [0.3, 0.4) is 0 Å². The maximum absolute atomic E-state index is 4.67. The Hall–Kier alpha value is -1.10. The van der Waals surface area contributed by atoms with Gasteiger partial charge in [0.25, 0.3) is 0 Å². The number of aromatic nitrogens is 3. The summed E-state index contributed by atoms with van der Waals surface area (Å²) in [5, 5.41) is 5.55. The second kappa shape index (κ2) is 5.02. The van der Waals surface area contributed by atoms with Crippen molar-refractivity contribution in [2.45, 2.75) is 45.6 Å². The Bertz CT molecular complexity index is 610. The minimum absolute atomic E-state index is 0.0129. The standard InChI is InChI=1S/C15H23BrN4/c1-14(2,3)12-9-11-13(17-7-8-20(11)18-12)19(6)15(4,5)10-16/h7-9H,10H2,1-6H3. The molecular formula is C15H23BrN4. The number of alkyl halides is 1. The Morgan fingerprint density at radius 1 is 1.25 bits per heavy atom. The lowest BCUT2D eigenvalue weighted by molar-refractivity contribution is 0.547. The molecule has 0 unspecified atom stereocenters. The van der Waals surface area contributed by atoms with Crippen LogP contribution in [0.5, 0.6) is 0 Å². The maximum atomic E-state index is 4.67. The van der Waals surface area contributed by atoms with Crippen molar-refractivity contribution in [3.63, 3.8) is 0 Å². The average Bonchev–Trinajstić information content (AvgIpc) is 2.81. The minimum atomic E-state index is -0.0129. The molecule has 2 aromatic rings. The van der Waals surface area contributed by atoms with Gasteiger partial charge in [-0.15, -0.1) is 0 Å². The third kappa shape index (κ3) is 2.68. The lowest BCUT2D eigenvalue weighted by atomic mass is 9.92. The van der Waals surface area contributed by atoms with Gasteiger partial charge < -0.3 is 4.90 Å². The largest absolute Gasteiger partial charge is 0.352 e. The average molecular weight is 339 g/mol. The van der Waals surface area contributed by atoms with Crippen molar-refractivity contribution in [1.29, 1.82) is 0 Å². The van der Waals surface area contributed by atoms with Gasteiger partial charge in [0.1, 0.15) is 5.52 Å².